The van der Waals surface area contributed by atoms with E-state index in [0.717, 1.165) is 26.2 Å². The van der Waals surface area contributed by atoms with Crippen LogP contribution in [0.4, 0.5) is 0 Å². The van der Waals surface area contributed by atoms with E-state index >= 15 is 0 Å². The summed E-state index contributed by atoms with van der Waals surface area (Å²) in [5.74, 6) is 0. The summed E-state index contributed by atoms with van der Waals surface area (Å²) in [5.41, 5.74) is 0.294. The van der Waals surface area contributed by atoms with Gasteiger partial charge in [-0.3, -0.25) is 4.90 Å². The molecule has 16 heavy (non-hydrogen) atoms. The molecule has 0 aromatic carbocycles. The molecule has 0 saturated carbocycles. The van der Waals surface area contributed by atoms with Crippen molar-refractivity contribution in [3.63, 3.8) is 0 Å². The topological polar surface area (TPSA) is 15.3 Å². The predicted octanol–water partition coefficient (Wildman–Crippen LogP) is 3.08. The summed E-state index contributed by atoms with van der Waals surface area (Å²) in [4.78, 5) is 4.00. The van der Waals surface area contributed by atoms with Crippen molar-refractivity contribution in [3.8, 4) is 0 Å². The van der Waals surface area contributed by atoms with E-state index in [2.05, 4.69) is 51.4 Å². The SMILES string of the molecule is CCC1(C)CN(Cc2sccc2Br)CCN1. The third kappa shape index (κ3) is 2.86. The van der Waals surface area contributed by atoms with Crippen LogP contribution in [0.5, 0.6) is 0 Å². The van der Waals surface area contributed by atoms with Gasteiger partial charge in [-0.2, -0.15) is 0 Å². The van der Waals surface area contributed by atoms with E-state index in [-0.39, 0.29) is 0 Å². The first kappa shape index (κ1) is 12.6. The van der Waals surface area contributed by atoms with E-state index in [1.54, 1.807) is 0 Å². The highest BCUT2D eigenvalue weighted by Gasteiger charge is 2.28. The quantitative estimate of drug-likeness (QED) is 0.923. The van der Waals surface area contributed by atoms with Crippen LogP contribution in [-0.2, 0) is 6.54 Å². The van der Waals surface area contributed by atoms with Crippen LogP contribution in [0.25, 0.3) is 0 Å². The Hall–Kier alpha value is 0.1000. The van der Waals surface area contributed by atoms with E-state index in [1.807, 2.05) is 11.3 Å². The Kier molecular flexibility index (Phi) is 4.06. The van der Waals surface area contributed by atoms with Crippen molar-refractivity contribution in [2.75, 3.05) is 19.6 Å². The number of nitrogens with one attached hydrogen (secondary N) is 1. The van der Waals surface area contributed by atoms with Crippen molar-refractivity contribution >= 4 is 27.3 Å². The zero-order chi connectivity index (χ0) is 11.6. The van der Waals surface area contributed by atoms with Gasteiger partial charge >= 0.3 is 0 Å². The molecular formula is C12H19BrN2S. The molecule has 1 aliphatic heterocycles. The van der Waals surface area contributed by atoms with Crippen LogP contribution >= 0.6 is 27.3 Å². The van der Waals surface area contributed by atoms with Crippen LogP contribution in [0.3, 0.4) is 0 Å². The smallest absolute Gasteiger partial charge is 0.0340 e. The van der Waals surface area contributed by atoms with E-state index < -0.39 is 0 Å². The molecule has 1 aliphatic rings. The molecule has 0 amide bonds. The summed E-state index contributed by atoms with van der Waals surface area (Å²) in [6.45, 7) is 9.07. The molecule has 2 heterocycles. The van der Waals surface area contributed by atoms with Gasteiger partial charge in [-0.1, -0.05) is 6.92 Å². The second kappa shape index (κ2) is 5.17. The van der Waals surface area contributed by atoms with E-state index in [4.69, 9.17) is 0 Å². The highest BCUT2D eigenvalue weighted by molar-refractivity contribution is 9.10. The lowest BCUT2D eigenvalue weighted by atomic mass is 9.96. The van der Waals surface area contributed by atoms with Crippen LogP contribution in [0, 0.1) is 0 Å². The first-order valence-corrected chi connectivity index (χ1v) is 7.49. The Morgan fingerprint density at radius 3 is 3.06 bits per heavy atom. The molecule has 1 fully saturated rings. The Morgan fingerprint density at radius 2 is 2.44 bits per heavy atom. The lowest BCUT2D eigenvalue weighted by molar-refractivity contribution is 0.134. The molecule has 1 aromatic heterocycles. The van der Waals surface area contributed by atoms with Gasteiger partial charge in [0.15, 0.2) is 0 Å². The molecule has 0 spiro atoms. The van der Waals surface area contributed by atoms with Gasteiger partial charge in [-0.15, -0.1) is 11.3 Å². The average molecular weight is 303 g/mol. The lowest BCUT2D eigenvalue weighted by Crippen LogP contribution is -2.57. The maximum absolute atomic E-state index is 3.62. The maximum Gasteiger partial charge on any atom is 0.0340 e. The van der Waals surface area contributed by atoms with Crippen molar-refractivity contribution in [2.45, 2.75) is 32.4 Å². The summed E-state index contributed by atoms with van der Waals surface area (Å²) in [5, 5.41) is 5.77. The average Bonchev–Trinajstić information content (AvgIpc) is 2.65. The van der Waals surface area contributed by atoms with Crippen LogP contribution < -0.4 is 5.32 Å². The van der Waals surface area contributed by atoms with Gasteiger partial charge in [0.2, 0.25) is 0 Å². The molecule has 2 nitrogen and oxygen atoms in total. The highest BCUT2D eigenvalue weighted by Crippen LogP contribution is 2.25. The van der Waals surface area contributed by atoms with Gasteiger partial charge in [-0.05, 0) is 40.7 Å². The van der Waals surface area contributed by atoms with Crippen LogP contribution in [-0.4, -0.2) is 30.1 Å². The minimum atomic E-state index is 0.294. The van der Waals surface area contributed by atoms with Crippen molar-refractivity contribution in [1.82, 2.24) is 10.2 Å². The Morgan fingerprint density at radius 1 is 1.62 bits per heavy atom. The molecule has 90 valence electrons. The fourth-order valence-electron chi connectivity index (χ4n) is 2.16. The van der Waals surface area contributed by atoms with Crippen LogP contribution in [0.1, 0.15) is 25.1 Å². The molecule has 0 bridgehead atoms. The zero-order valence-electron chi connectivity index (χ0n) is 9.92. The molecule has 1 aromatic rings. The number of thiophene rings is 1. The van der Waals surface area contributed by atoms with Gasteiger partial charge in [-0.25, -0.2) is 0 Å². The summed E-state index contributed by atoms with van der Waals surface area (Å²) in [6, 6.07) is 2.14. The zero-order valence-corrected chi connectivity index (χ0v) is 12.3. The molecule has 1 atom stereocenters. The third-order valence-corrected chi connectivity index (χ3v) is 5.30. The van der Waals surface area contributed by atoms with Crippen molar-refractivity contribution in [1.29, 1.82) is 0 Å². The number of nitrogens with zero attached hydrogens (tertiary/aromatic N) is 1. The summed E-state index contributed by atoms with van der Waals surface area (Å²) in [7, 11) is 0. The summed E-state index contributed by atoms with van der Waals surface area (Å²) in [6.07, 6.45) is 1.19. The number of rotatable bonds is 3. The predicted molar refractivity (Wildman–Crippen MR) is 74.0 cm³/mol. The van der Waals surface area contributed by atoms with Crippen molar-refractivity contribution in [2.24, 2.45) is 0 Å². The monoisotopic (exact) mass is 302 g/mol. The van der Waals surface area contributed by atoms with Crippen LogP contribution in [0.15, 0.2) is 15.9 Å². The van der Waals surface area contributed by atoms with Crippen molar-refractivity contribution < 1.29 is 0 Å². The number of piperazine rings is 1. The molecule has 1 N–H and O–H groups in total. The standard InChI is InChI=1S/C12H19BrN2S/c1-3-12(2)9-15(6-5-14-12)8-11-10(13)4-7-16-11/h4,7,14H,3,5-6,8-9H2,1-2H3. The van der Waals surface area contributed by atoms with Gasteiger partial charge in [0, 0.05) is 41.1 Å². The van der Waals surface area contributed by atoms with Crippen molar-refractivity contribution in [3.05, 3.63) is 20.8 Å². The van der Waals surface area contributed by atoms with Gasteiger partial charge in [0.1, 0.15) is 0 Å². The maximum atomic E-state index is 3.62. The second-order valence-corrected chi connectivity index (χ2v) is 6.60. The molecule has 1 unspecified atom stereocenters. The molecule has 0 aliphatic carbocycles. The third-order valence-electron chi connectivity index (χ3n) is 3.39. The van der Waals surface area contributed by atoms with Gasteiger partial charge < -0.3 is 5.32 Å². The van der Waals surface area contributed by atoms with E-state index in [0.29, 0.717) is 5.54 Å². The van der Waals surface area contributed by atoms with Crippen LogP contribution in [0.2, 0.25) is 0 Å². The fraction of sp³-hybridized carbons (Fsp3) is 0.667. The Bertz CT molecular complexity index is 353. The first-order chi connectivity index (χ1) is 7.63. The highest BCUT2D eigenvalue weighted by atomic mass is 79.9. The second-order valence-electron chi connectivity index (χ2n) is 4.74. The fourth-order valence-corrected chi connectivity index (χ4v) is 3.68. The lowest BCUT2D eigenvalue weighted by Gasteiger charge is -2.41. The van der Waals surface area contributed by atoms with Gasteiger partial charge in [0.25, 0.3) is 0 Å². The number of halogens is 1. The molecule has 1 saturated heterocycles. The molecule has 4 heteroatoms. The largest absolute Gasteiger partial charge is 0.309 e. The summed E-state index contributed by atoms with van der Waals surface area (Å²) < 4.78 is 1.26. The van der Waals surface area contributed by atoms with E-state index in [1.165, 1.54) is 15.8 Å². The van der Waals surface area contributed by atoms with E-state index in [9.17, 15) is 0 Å². The number of hydrogen-bond donors (Lipinski definition) is 1. The summed E-state index contributed by atoms with van der Waals surface area (Å²) >= 11 is 5.45. The molecular weight excluding hydrogens is 284 g/mol. The Balaban J connectivity index is 1.98. The normalized spacial score (nSPS) is 27.2. The molecule has 2 rings (SSSR count). The minimum Gasteiger partial charge on any atom is -0.309 e. The minimum absolute atomic E-state index is 0.294. The first-order valence-electron chi connectivity index (χ1n) is 5.82. The molecule has 0 radical (unpaired) electrons. The number of hydrogen-bond acceptors (Lipinski definition) is 3. The Labute approximate surface area is 110 Å². The van der Waals surface area contributed by atoms with Gasteiger partial charge in [0.05, 0.1) is 0 Å².